The van der Waals surface area contributed by atoms with Crippen molar-refractivity contribution in [2.75, 3.05) is 0 Å². The molecule has 0 fully saturated rings. The number of nitrogen functional groups attached to an aromatic ring is 1. The van der Waals surface area contributed by atoms with Gasteiger partial charge in [0.25, 0.3) is 5.91 Å². The number of hydrogen-bond donors (Lipinski definition) is 4. The van der Waals surface area contributed by atoms with Crippen LogP contribution in [0.3, 0.4) is 0 Å². The van der Waals surface area contributed by atoms with Crippen LogP contribution in [-0.4, -0.2) is 16.6 Å². The Labute approximate surface area is 87.7 Å². The van der Waals surface area contributed by atoms with Crippen LogP contribution in [-0.2, 0) is 0 Å². The number of aryl methyl sites for hydroxylation is 1. The van der Waals surface area contributed by atoms with Crippen molar-refractivity contribution in [3.8, 4) is 0 Å². The third-order valence-electron chi connectivity index (χ3n) is 2.35. The van der Waals surface area contributed by atoms with Crippen LogP contribution in [0.1, 0.15) is 34.2 Å². The summed E-state index contributed by atoms with van der Waals surface area (Å²) in [5.41, 5.74) is 5.69. The largest absolute Gasteiger partial charge is 0.354 e. The van der Waals surface area contributed by atoms with Gasteiger partial charge in [-0.25, -0.2) is 5.84 Å². The van der Waals surface area contributed by atoms with Gasteiger partial charge in [0.05, 0.1) is 5.71 Å². The molecule has 1 heterocycles. The van der Waals surface area contributed by atoms with Gasteiger partial charge in [-0.1, -0.05) is 0 Å². The molecule has 0 radical (unpaired) electrons. The maximum absolute atomic E-state index is 11.4. The zero-order valence-corrected chi connectivity index (χ0v) is 9.01. The van der Waals surface area contributed by atoms with Crippen molar-refractivity contribution in [3.05, 3.63) is 22.5 Å². The van der Waals surface area contributed by atoms with Crippen molar-refractivity contribution in [3.63, 3.8) is 0 Å². The SMILES string of the molecule is C/C(=N\N)c1c(C)[nH]c(C(=O)NN)c1C. The predicted molar refractivity (Wildman–Crippen MR) is 58.3 cm³/mol. The number of nitrogens with one attached hydrogen (secondary N) is 2. The number of carbonyl (C=O) groups excluding carboxylic acids is 1. The fraction of sp³-hybridized carbons (Fsp3) is 0.333. The van der Waals surface area contributed by atoms with Crippen molar-refractivity contribution in [1.82, 2.24) is 10.4 Å². The Morgan fingerprint density at radius 3 is 2.53 bits per heavy atom. The summed E-state index contributed by atoms with van der Waals surface area (Å²) in [6.45, 7) is 5.45. The van der Waals surface area contributed by atoms with Crippen LogP contribution in [0.5, 0.6) is 0 Å². The number of rotatable bonds is 2. The van der Waals surface area contributed by atoms with Gasteiger partial charge in [0, 0.05) is 11.3 Å². The standard InChI is InChI=1S/C9H15N5O/c1-4-7(6(3)13-10)5(2)12-8(4)9(15)14-11/h12H,10-11H2,1-3H3,(H,14,15)/b13-6+. The molecule has 1 aromatic heterocycles. The first-order chi connectivity index (χ1) is 7.02. The highest BCUT2D eigenvalue weighted by Crippen LogP contribution is 2.18. The minimum Gasteiger partial charge on any atom is -0.354 e. The molecule has 0 spiro atoms. The maximum Gasteiger partial charge on any atom is 0.281 e. The summed E-state index contributed by atoms with van der Waals surface area (Å²) in [6.07, 6.45) is 0. The summed E-state index contributed by atoms with van der Waals surface area (Å²) in [5.74, 6) is 9.92. The van der Waals surface area contributed by atoms with Gasteiger partial charge < -0.3 is 10.8 Å². The number of hydrazone groups is 1. The van der Waals surface area contributed by atoms with E-state index in [-0.39, 0.29) is 5.91 Å². The number of aromatic amines is 1. The maximum atomic E-state index is 11.4. The molecule has 0 unspecified atom stereocenters. The van der Waals surface area contributed by atoms with Crippen LogP contribution >= 0.6 is 0 Å². The van der Waals surface area contributed by atoms with Gasteiger partial charge in [0.15, 0.2) is 0 Å². The Hall–Kier alpha value is -1.82. The van der Waals surface area contributed by atoms with Crippen molar-refractivity contribution in [2.24, 2.45) is 16.8 Å². The van der Waals surface area contributed by atoms with Gasteiger partial charge in [-0.2, -0.15) is 5.10 Å². The Morgan fingerprint density at radius 1 is 1.47 bits per heavy atom. The fourth-order valence-corrected chi connectivity index (χ4v) is 1.66. The number of H-pyrrole nitrogens is 1. The van der Waals surface area contributed by atoms with Crippen LogP contribution in [0.2, 0.25) is 0 Å². The summed E-state index contributed by atoms with van der Waals surface area (Å²) >= 11 is 0. The average Bonchev–Trinajstić information content (AvgIpc) is 2.52. The first-order valence-corrected chi connectivity index (χ1v) is 4.47. The van der Waals surface area contributed by atoms with E-state index >= 15 is 0 Å². The number of amides is 1. The van der Waals surface area contributed by atoms with E-state index in [2.05, 4.69) is 15.5 Å². The number of aromatic nitrogens is 1. The van der Waals surface area contributed by atoms with Crippen LogP contribution in [0.15, 0.2) is 5.10 Å². The second kappa shape index (κ2) is 4.14. The van der Waals surface area contributed by atoms with E-state index in [4.69, 9.17) is 11.7 Å². The monoisotopic (exact) mass is 209 g/mol. The van der Waals surface area contributed by atoms with E-state index in [1.807, 2.05) is 13.8 Å². The fourth-order valence-electron chi connectivity index (χ4n) is 1.66. The van der Waals surface area contributed by atoms with E-state index in [0.29, 0.717) is 11.4 Å². The lowest BCUT2D eigenvalue weighted by molar-refractivity contribution is 0.0948. The minimum absolute atomic E-state index is 0.355. The molecule has 0 saturated carbocycles. The molecule has 0 bridgehead atoms. The predicted octanol–water partition coefficient (Wildman–Crippen LogP) is -0.0823. The van der Waals surface area contributed by atoms with Crippen molar-refractivity contribution in [1.29, 1.82) is 0 Å². The molecule has 1 aromatic rings. The molecule has 0 saturated heterocycles. The molecule has 0 aliphatic heterocycles. The van der Waals surface area contributed by atoms with Crippen molar-refractivity contribution < 1.29 is 4.79 Å². The van der Waals surface area contributed by atoms with Crippen LogP contribution in [0.25, 0.3) is 0 Å². The molecule has 0 atom stereocenters. The van der Waals surface area contributed by atoms with E-state index in [9.17, 15) is 4.79 Å². The highest BCUT2D eigenvalue weighted by Gasteiger charge is 2.17. The van der Waals surface area contributed by atoms with E-state index in [0.717, 1.165) is 16.8 Å². The molecule has 15 heavy (non-hydrogen) atoms. The third-order valence-corrected chi connectivity index (χ3v) is 2.35. The molecule has 0 aliphatic rings. The summed E-state index contributed by atoms with van der Waals surface area (Å²) in [4.78, 5) is 14.3. The number of hydrogen-bond acceptors (Lipinski definition) is 4. The van der Waals surface area contributed by atoms with Crippen LogP contribution in [0, 0.1) is 13.8 Å². The van der Waals surface area contributed by atoms with Gasteiger partial charge in [0.1, 0.15) is 5.69 Å². The Bertz CT molecular complexity index is 418. The molecule has 1 amide bonds. The molecule has 0 aromatic carbocycles. The molecule has 0 aliphatic carbocycles. The van der Waals surface area contributed by atoms with Gasteiger partial charge >= 0.3 is 0 Å². The molecule has 6 N–H and O–H groups in total. The van der Waals surface area contributed by atoms with Gasteiger partial charge in [0.2, 0.25) is 0 Å². The number of nitrogens with two attached hydrogens (primary N) is 2. The third kappa shape index (κ3) is 1.84. The summed E-state index contributed by atoms with van der Waals surface area (Å²) in [5, 5.41) is 3.61. The number of hydrazine groups is 1. The van der Waals surface area contributed by atoms with Crippen LogP contribution in [0.4, 0.5) is 0 Å². The number of carbonyl (C=O) groups is 1. The average molecular weight is 209 g/mol. The summed E-state index contributed by atoms with van der Waals surface area (Å²) in [7, 11) is 0. The molecular formula is C9H15N5O. The lowest BCUT2D eigenvalue weighted by Crippen LogP contribution is -2.30. The molecule has 82 valence electrons. The summed E-state index contributed by atoms with van der Waals surface area (Å²) < 4.78 is 0. The summed E-state index contributed by atoms with van der Waals surface area (Å²) in [6, 6.07) is 0. The minimum atomic E-state index is -0.355. The quantitative estimate of drug-likeness (QED) is 0.236. The number of nitrogens with zero attached hydrogens (tertiary/aromatic N) is 1. The second-order valence-electron chi connectivity index (χ2n) is 3.31. The second-order valence-corrected chi connectivity index (χ2v) is 3.31. The zero-order chi connectivity index (χ0) is 11.6. The van der Waals surface area contributed by atoms with E-state index in [1.54, 1.807) is 6.92 Å². The van der Waals surface area contributed by atoms with Crippen molar-refractivity contribution >= 4 is 11.6 Å². The topological polar surface area (TPSA) is 109 Å². The lowest BCUT2D eigenvalue weighted by Gasteiger charge is -2.00. The zero-order valence-electron chi connectivity index (χ0n) is 9.01. The normalized spacial score (nSPS) is 11.6. The highest BCUT2D eigenvalue weighted by molar-refractivity contribution is 6.04. The van der Waals surface area contributed by atoms with Crippen LogP contribution < -0.4 is 17.1 Å². The molecular weight excluding hydrogens is 194 g/mol. The lowest BCUT2D eigenvalue weighted by atomic mass is 10.1. The highest BCUT2D eigenvalue weighted by atomic mass is 16.2. The Kier molecular flexibility index (Phi) is 3.11. The molecule has 6 heteroatoms. The van der Waals surface area contributed by atoms with Gasteiger partial charge in [-0.3, -0.25) is 10.2 Å². The van der Waals surface area contributed by atoms with Gasteiger partial charge in [-0.05, 0) is 26.3 Å². The Morgan fingerprint density at radius 2 is 2.07 bits per heavy atom. The molecule has 6 nitrogen and oxygen atoms in total. The Balaban J connectivity index is 3.33. The van der Waals surface area contributed by atoms with Crippen molar-refractivity contribution in [2.45, 2.75) is 20.8 Å². The van der Waals surface area contributed by atoms with E-state index in [1.165, 1.54) is 0 Å². The van der Waals surface area contributed by atoms with Gasteiger partial charge in [-0.15, -0.1) is 0 Å². The first-order valence-electron chi connectivity index (χ1n) is 4.47. The smallest absolute Gasteiger partial charge is 0.281 e. The molecule has 1 rings (SSSR count). The van der Waals surface area contributed by atoms with E-state index < -0.39 is 0 Å². The first kappa shape index (κ1) is 11.3.